The quantitative estimate of drug-likeness (QED) is 0.145. The third kappa shape index (κ3) is 9.76. The van der Waals surface area contributed by atoms with Crippen molar-refractivity contribution in [1.82, 2.24) is 25.5 Å². The van der Waals surface area contributed by atoms with Crippen LogP contribution < -0.4 is 15.5 Å². The van der Waals surface area contributed by atoms with Crippen LogP contribution in [0.15, 0.2) is 30.7 Å². The van der Waals surface area contributed by atoms with Gasteiger partial charge in [0, 0.05) is 25.2 Å². The van der Waals surface area contributed by atoms with Crippen molar-refractivity contribution in [2.24, 2.45) is 5.92 Å². The van der Waals surface area contributed by atoms with Gasteiger partial charge in [-0.25, -0.2) is 14.6 Å². The molecule has 0 saturated carbocycles. The molecule has 1 fully saturated rings. The number of aromatic nitrogens is 2. The summed E-state index contributed by atoms with van der Waals surface area (Å²) in [7, 11) is 1.15. The number of hydrogen-bond acceptors (Lipinski definition) is 12. The number of hydrogen-bond donors (Lipinski definition) is 3. The van der Waals surface area contributed by atoms with Crippen molar-refractivity contribution in [3.8, 4) is 0 Å². The second-order valence-electron chi connectivity index (χ2n) is 13.1. The van der Waals surface area contributed by atoms with Gasteiger partial charge in [0.05, 0.1) is 29.0 Å². The van der Waals surface area contributed by atoms with Crippen LogP contribution in [0.1, 0.15) is 66.5 Å². The van der Waals surface area contributed by atoms with Gasteiger partial charge >= 0.3 is 23.4 Å². The van der Waals surface area contributed by atoms with Gasteiger partial charge in [0.2, 0.25) is 11.8 Å². The van der Waals surface area contributed by atoms with Gasteiger partial charge < -0.3 is 30.0 Å². The SMILES string of the molecule is CC[C@H](C)[C@H](NC(=O)OC(C)(C)C)C(=O)N(c1cccc([N+](=O)[O-])c1[N+](=O)[O-])[C@@H](Cc1c[nH]cn1)C(=O)N1CCC[C@H]1C(=O)N[C@@H](C)C(=O)OC. The van der Waals surface area contributed by atoms with E-state index in [1.54, 1.807) is 34.6 Å². The number of aromatic amines is 1. The number of carbonyl (C=O) groups excluding carboxylic acids is 5. The van der Waals surface area contributed by atoms with E-state index >= 15 is 0 Å². The fourth-order valence-corrected chi connectivity index (χ4v) is 5.69. The highest BCUT2D eigenvalue weighted by atomic mass is 16.6. The maximum atomic E-state index is 14.9. The highest BCUT2D eigenvalue weighted by molar-refractivity contribution is 6.07. The maximum absolute atomic E-state index is 14.9. The Bertz CT molecular complexity index is 1620. The van der Waals surface area contributed by atoms with Crippen molar-refractivity contribution < 1.29 is 43.3 Å². The molecule has 51 heavy (non-hydrogen) atoms. The first-order valence-electron chi connectivity index (χ1n) is 16.3. The fraction of sp³-hybridized carbons (Fsp3) is 0.562. The van der Waals surface area contributed by atoms with Gasteiger partial charge in [0.1, 0.15) is 35.5 Å². The molecule has 0 radical (unpaired) electrons. The van der Waals surface area contributed by atoms with Crippen LogP contribution in [-0.4, -0.2) is 97.9 Å². The molecule has 19 heteroatoms. The van der Waals surface area contributed by atoms with Crippen LogP contribution in [-0.2, 0) is 35.1 Å². The highest BCUT2D eigenvalue weighted by Gasteiger charge is 2.46. The number of H-pyrrole nitrogens is 1. The first kappa shape index (κ1) is 39.8. The molecule has 1 aromatic carbocycles. The Hall–Kier alpha value is -5.62. The second-order valence-corrected chi connectivity index (χ2v) is 13.1. The molecule has 0 spiro atoms. The summed E-state index contributed by atoms with van der Waals surface area (Å²) in [5.74, 6) is -3.89. The van der Waals surface area contributed by atoms with E-state index in [-0.39, 0.29) is 25.1 Å². The molecule has 2 aromatic rings. The summed E-state index contributed by atoms with van der Waals surface area (Å²) >= 11 is 0. The lowest BCUT2D eigenvalue weighted by atomic mass is 9.95. The molecule has 3 N–H and O–H groups in total. The Morgan fingerprint density at radius 1 is 1.12 bits per heavy atom. The van der Waals surface area contributed by atoms with E-state index in [9.17, 15) is 44.2 Å². The van der Waals surface area contributed by atoms with Crippen molar-refractivity contribution in [2.75, 3.05) is 18.6 Å². The molecule has 1 aliphatic rings. The topological polar surface area (TPSA) is 249 Å². The number of rotatable bonds is 14. The number of benzene rings is 1. The maximum Gasteiger partial charge on any atom is 0.408 e. The number of ether oxygens (including phenoxy) is 2. The number of carbonyl (C=O) groups is 5. The van der Waals surface area contributed by atoms with Crippen molar-refractivity contribution in [2.45, 2.75) is 97.0 Å². The van der Waals surface area contributed by atoms with E-state index in [1.807, 2.05) is 0 Å². The minimum absolute atomic E-state index is 0.0323. The zero-order valence-electron chi connectivity index (χ0n) is 29.5. The molecule has 1 aromatic heterocycles. The highest BCUT2D eigenvalue weighted by Crippen LogP contribution is 2.39. The predicted molar refractivity (Wildman–Crippen MR) is 180 cm³/mol. The van der Waals surface area contributed by atoms with Gasteiger partial charge in [0.15, 0.2) is 0 Å². The van der Waals surface area contributed by atoms with Gasteiger partial charge in [-0.3, -0.25) is 39.5 Å². The number of nitro groups is 2. The lowest BCUT2D eigenvalue weighted by molar-refractivity contribution is -0.422. The Balaban J connectivity index is 2.28. The minimum atomic E-state index is -1.68. The van der Waals surface area contributed by atoms with E-state index in [1.165, 1.54) is 24.3 Å². The number of alkyl carbamates (subject to hydrolysis) is 1. The molecule has 0 aliphatic carbocycles. The minimum Gasteiger partial charge on any atom is -0.467 e. The lowest BCUT2D eigenvalue weighted by Gasteiger charge is -2.37. The van der Waals surface area contributed by atoms with Gasteiger partial charge in [-0.2, -0.15) is 0 Å². The van der Waals surface area contributed by atoms with E-state index in [0.717, 1.165) is 30.2 Å². The first-order valence-corrected chi connectivity index (χ1v) is 16.3. The number of likely N-dealkylation sites (tertiary alicyclic amines) is 1. The number of anilines is 1. The van der Waals surface area contributed by atoms with Crippen molar-refractivity contribution in [3.63, 3.8) is 0 Å². The molecule has 1 aliphatic heterocycles. The number of esters is 1. The molecule has 0 bridgehead atoms. The van der Waals surface area contributed by atoms with E-state index in [2.05, 4.69) is 25.3 Å². The van der Waals surface area contributed by atoms with Crippen molar-refractivity contribution >= 4 is 46.8 Å². The average molecular weight is 717 g/mol. The smallest absolute Gasteiger partial charge is 0.408 e. The van der Waals surface area contributed by atoms with Crippen molar-refractivity contribution in [1.29, 1.82) is 0 Å². The first-order chi connectivity index (χ1) is 23.9. The largest absolute Gasteiger partial charge is 0.467 e. The Labute approximate surface area is 293 Å². The van der Waals surface area contributed by atoms with Gasteiger partial charge in [-0.05, 0) is 52.5 Å². The van der Waals surface area contributed by atoms with Gasteiger partial charge in [-0.15, -0.1) is 0 Å². The molecule has 1 saturated heterocycles. The summed E-state index contributed by atoms with van der Waals surface area (Å²) in [6.07, 6.45) is 2.24. The van der Waals surface area contributed by atoms with E-state index < -0.39 is 92.4 Å². The monoisotopic (exact) mass is 716 g/mol. The summed E-state index contributed by atoms with van der Waals surface area (Å²) in [4.78, 5) is 99.6. The molecule has 5 atom stereocenters. The summed E-state index contributed by atoms with van der Waals surface area (Å²) in [5, 5.41) is 29.6. The predicted octanol–water partition coefficient (Wildman–Crippen LogP) is 2.78. The van der Waals surface area contributed by atoms with E-state index in [0.29, 0.717) is 12.8 Å². The number of nitro benzene ring substituents is 2. The third-order valence-electron chi connectivity index (χ3n) is 8.33. The molecular weight excluding hydrogens is 672 g/mol. The Kier molecular flexibility index (Phi) is 13.2. The normalized spacial score (nSPS) is 16.6. The van der Waals surface area contributed by atoms with Crippen LogP contribution in [0.5, 0.6) is 0 Å². The van der Waals surface area contributed by atoms with Gasteiger partial charge in [-0.1, -0.05) is 26.3 Å². The molecule has 19 nitrogen and oxygen atoms in total. The summed E-state index contributed by atoms with van der Waals surface area (Å²) in [6, 6.07) is -2.17. The van der Waals surface area contributed by atoms with E-state index in [4.69, 9.17) is 4.74 Å². The molecule has 4 amide bonds. The Morgan fingerprint density at radius 3 is 2.35 bits per heavy atom. The van der Waals surface area contributed by atoms with Crippen LogP contribution in [0, 0.1) is 26.1 Å². The van der Waals surface area contributed by atoms with Crippen LogP contribution in [0.4, 0.5) is 21.9 Å². The summed E-state index contributed by atoms with van der Waals surface area (Å²) in [6.45, 7) is 9.63. The molecule has 0 unspecified atom stereocenters. The number of nitrogens with one attached hydrogen (secondary N) is 3. The van der Waals surface area contributed by atoms with Crippen LogP contribution >= 0.6 is 0 Å². The average Bonchev–Trinajstić information content (AvgIpc) is 3.77. The standard InChI is InChI=1S/C32H44N8O11/c1-8-18(2)25(36-31(45)51-32(4,5)6)29(43)38(21-11-9-12-22(39(46)47)26(21)40(48)49)24(15-20-16-33-17-34-20)28(42)37-14-10-13-23(37)27(41)35-19(3)30(44)50-7/h9,11-12,16-19,23-25H,8,10,13-15H2,1-7H3,(H,33,34)(H,35,41)(H,36,45)/t18-,19-,23-,24-,25-/m0/s1. The molecule has 278 valence electrons. The van der Waals surface area contributed by atoms with Crippen molar-refractivity contribution in [3.05, 3.63) is 56.6 Å². The zero-order chi connectivity index (χ0) is 38.2. The number of nitrogens with zero attached hydrogens (tertiary/aromatic N) is 5. The van der Waals surface area contributed by atoms with Gasteiger partial charge in [0.25, 0.3) is 5.91 Å². The third-order valence-corrected chi connectivity index (χ3v) is 8.33. The molecular formula is C32H44N8O11. The number of amides is 4. The summed E-state index contributed by atoms with van der Waals surface area (Å²) < 4.78 is 10.1. The van der Waals surface area contributed by atoms with Crippen LogP contribution in [0.25, 0.3) is 0 Å². The fourth-order valence-electron chi connectivity index (χ4n) is 5.69. The number of imidazole rings is 1. The lowest BCUT2D eigenvalue weighted by Crippen LogP contribution is -2.61. The molecule has 3 rings (SSSR count). The van der Waals surface area contributed by atoms with Crippen LogP contribution in [0.2, 0.25) is 0 Å². The molecule has 2 heterocycles. The summed E-state index contributed by atoms with van der Waals surface area (Å²) in [5.41, 5.74) is -3.35. The Morgan fingerprint density at radius 2 is 1.80 bits per heavy atom. The number of methoxy groups -OCH3 is 1. The van der Waals surface area contributed by atoms with Crippen LogP contribution in [0.3, 0.4) is 0 Å². The zero-order valence-corrected chi connectivity index (χ0v) is 29.5. The second kappa shape index (κ2) is 16.9. The number of para-hydroxylation sites is 1.